The van der Waals surface area contributed by atoms with E-state index in [1.54, 1.807) is 7.11 Å². The Hall–Kier alpha value is -1.91. The number of ether oxygens (including phenoxy) is 2. The highest BCUT2D eigenvalue weighted by molar-refractivity contribution is 5.78. The quantitative estimate of drug-likeness (QED) is 0.598. The van der Waals surface area contributed by atoms with Gasteiger partial charge in [-0.05, 0) is 45.1 Å². The molecule has 1 fully saturated rings. The Morgan fingerprint density at radius 1 is 1.39 bits per heavy atom. The summed E-state index contributed by atoms with van der Waals surface area (Å²) in [6.45, 7) is 4.68. The molecule has 128 valence electrons. The Bertz CT molecular complexity index is 525. The summed E-state index contributed by atoms with van der Waals surface area (Å²) in [6.07, 6.45) is 5.98. The van der Waals surface area contributed by atoms with Crippen molar-refractivity contribution in [3.8, 4) is 11.5 Å². The summed E-state index contributed by atoms with van der Waals surface area (Å²) in [6, 6.07) is 6.23. The van der Waals surface area contributed by atoms with Gasteiger partial charge in [-0.2, -0.15) is 0 Å². The smallest absolute Gasteiger partial charge is 0.189 e. The van der Waals surface area contributed by atoms with Crippen LogP contribution in [-0.2, 0) is 6.54 Å². The van der Waals surface area contributed by atoms with Crippen molar-refractivity contribution >= 4 is 5.96 Å². The SMILES string of the molecule is CCC(C)NC(N)=NCc1cccc(OC)c1OC1CCCC1. The zero-order valence-corrected chi connectivity index (χ0v) is 14.5. The van der Waals surface area contributed by atoms with Crippen molar-refractivity contribution in [3.63, 3.8) is 0 Å². The maximum absolute atomic E-state index is 6.21. The first kappa shape index (κ1) is 17.4. The second-order valence-electron chi connectivity index (χ2n) is 6.13. The fraction of sp³-hybridized carbons (Fsp3) is 0.611. The van der Waals surface area contributed by atoms with Gasteiger partial charge in [-0.25, -0.2) is 4.99 Å². The zero-order valence-electron chi connectivity index (χ0n) is 14.5. The van der Waals surface area contributed by atoms with Crippen molar-refractivity contribution in [2.24, 2.45) is 10.7 Å². The van der Waals surface area contributed by atoms with Crippen molar-refractivity contribution in [1.29, 1.82) is 0 Å². The molecule has 5 nitrogen and oxygen atoms in total. The molecule has 0 aliphatic heterocycles. The average Bonchev–Trinajstić information content (AvgIpc) is 3.06. The van der Waals surface area contributed by atoms with Gasteiger partial charge in [0.25, 0.3) is 0 Å². The van der Waals surface area contributed by atoms with E-state index in [9.17, 15) is 0 Å². The minimum atomic E-state index is 0.282. The minimum absolute atomic E-state index is 0.282. The van der Waals surface area contributed by atoms with Crippen LogP contribution >= 0.6 is 0 Å². The molecule has 0 saturated heterocycles. The van der Waals surface area contributed by atoms with Gasteiger partial charge in [0.2, 0.25) is 0 Å². The number of hydrogen-bond donors (Lipinski definition) is 2. The summed E-state index contributed by atoms with van der Waals surface area (Å²) in [5.41, 5.74) is 6.95. The van der Waals surface area contributed by atoms with Crippen molar-refractivity contribution in [2.75, 3.05) is 7.11 Å². The summed E-state index contributed by atoms with van der Waals surface area (Å²) >= 11 is 0. The van der Waals surface area contributed by atoms with Gasteiger partial charge in [0, 0.05) is 11.6 Å². The Morgan fingerprint density at radius 3 is 2.78 bits per heavy atom. The number of guanidine groups is 1. The number of aliphatic imine (C=N–C) groups is 1. The fourth-order valence-corrected chi connectivity index (χ4v) is 2.72. The highest BCUT2D eigenvalue weighted by Gasteiger charge is 2.20. The maximum atomic E-state index is 6.21. The summed E-state index contributed by atoms with van der Waals surface area (Å²) in [5, 5.41) is 3.18. The lowest BCUT2D eigenvalue weighted by atomic mass is 10.1. The molecule has 0 amide bonds. The largest absolute Gasteiger partial charge is 0.493 e. The second-order valence-corrected chi connectivity index (χ2v) is 6.13. The molecule has 3 N–H and O–H groups in total. The van der Waals surface area contributed by atoms with Gasteiger partial charge in [-0.1, -0.05) is 19.1 Å². The average molecular weight is 319 g/mol. The van der Waals surface area contributed by atoms with Crippen LogP contribution in [0.3, 0.4) is 0 Å². The van der Waals surface area contributed by atoms with E-state index in [-0.39, 0.29) is 6.10 Å². The van der Waals surface area contributed by atoms with Crippen LogP contribution in [0, 0.1) is 0 Å². The molecule has 2 rings (SSSR count). The highest BCUT2D eigenvalue weighted by Crippen LogP contribution is 2.35. The number of nitrogens with zero attached hydrogens (tertiary/aromatic N) is 1. The van der Waals surface area contributed by atoms with Crippen molar-refractivity contribution in [2.45, 2.75) is 64.6 Å². The summed E-state index contributed by atoms with van der Waals surface area (Å²) in [5.74, 6) is 2.04. The van der Waals surface area contributed by atoms with E-state index < -0.39 is 0 Å². The molecule has 0 aromatic heterocycles. The highest BCUT2D eigenvalue weighted by atomic mass is 16.5. The van der Waals surface area contributed by atoms with Crippen LogP contribution in [0.2, 0.25) is 0 Å². The van der Waals surface area contributed by atoms with Crippen molar-refractivity contribution in [1.82, 2.24) is 5.32 Å². The molecular weight excluding hydrogens is 290 g/mol. The Balaban J connectivity index is 2.11. The van der Waals surface area contributed by atoms with E-state index in [0.717, 1.165) is 36.3 Å². The number of rotatable bonds is 7. The van der Waals surface area contributed by atoms with Gasteiger partial charge < -0.3 is 20.5 Å². The number of nitrogens with one attached hydrogen (secondary N) is 1. The molecule has 1 aromatic rings. The molecule has 5 heteroatoms. The first-order chi connectivity index (χ1) is 11.1. The van der Waals surface area contributed by atoms with E-state index in [1.807, 2.05) is 18.2 Å². The van der Waals surface area contributed by atoms with Gasteiger partial charge >= 0.3 is 0 Å². The van der Waals surface area contributed by atoms with E-state index in [4.69, 9.17) is 15.2 Å². The second kappa shape index (κ2) is 8.65. The van der Waals surface area contributed by atoms with E-state index in [0.29, 0.717) is 18.5 Å². The van der Waals surface area contributed by atoms with Gasteiger partial charge in [0.05, 0.1) is 19.8 Å². The number of methoxy groups -OCH3 is 1. The Kier molecular flexibility index (Phi) is 6.56. The van der Waals surface area contributed by atoms with Gasteiger partial charge in [0.15, 0.2) is 17.5 Å². The number of para-hydroxylation sites is 1. The summed E-state index contributed by atoms with van der Waals surface area (Å²) in [7, 11) is 1.67. The molecule has 0 spiro atoms. The van der Waals surface area contributed by atoms with Crippen molar-refractivity contribution in [3.05, 3.63) is 23.8 Å². The first-order valence-corrected chi connectivity index (χ1v) is 8.53. The molecule has 1 saturated carbocycles. The zero-order chi connectivity index (χ0) is 16.7. The first-order valence-electron chi connectivity index (χ1n) is 8.53. The van der Waals surface area contributed by atoms with E-state index in [2.05, 4.69) is 24.2 Å². The molecule has 23 heavy (non-hydrogen) atoms. The van der Waals surface area contributed by atoms with Crippen LogP contribution in [0.15, 0.2) is 23.2 Å². The van der Waals surface area contributed by atoms with Crippen molar-refractivity contribution < 1.29 is 9.47 Å². The third-order valence-electron chi connectivity index (χ3n) is 4.29. The van der Waals surface area contributed by atoms with Gasteiger partial charge in [-0.3, -0.25) is 0 Å². The predicted octanol–water partition coefficient (Wildman–Crippen LogP) is 3.22. The normalized spacial score (nSPS) is 17.1. The van der Waals surface area contributed by atoms with Gasteiger partial charge in [0.1, 0.15) is 0 Å². The van der Waals surface area contributed by atoms with Crippen LogP contribution in [0.25, 0.3) is 0 Å². The lowest BCUT2D eigenvalue weighted by molar-refractivity contribution is 0.198. The molecule has 1 aliphatic carbocycles. The molecule has 0 radical (unpaired) electrons. The van der Waals surface area contributed by atoms with Crippen LogP contribution in [0.1, 0.15) is 51.5 Å². The molecular formula is C18H29N3O2. The molecule has 1 atom stereocenters. The topological polar surface area (TPSA) is 68.9 Å². The third kappa shape index (κ3) is 5.05. The lowest BCUT2D eigenvalue weighted by Gasteiger charge is -2.19. The summed E-state index contributed by atoms with van der Waals surface area (Å²) in [4.78, 5) is 4.44. The number of hydrogen-bond acceptors (Lipinski definition) is 3. The number of benzene rings is 1. The monoisotopic (exact) mass is 319 g/mol. The van der Waals surface area contributed by atoms with E-state index in [1.165, 1.54) is 12.8 Å². The van der Waals surface area contributed by atoms with Crippen LogP contribution in [0.5, 0.6) is 11.5 Å². The van der Waals surface area contributed by atoms with Gasteiger partial charge in [-0.15, -0.1) is 0 Å². The molecule has 1 aromatic carbocycles. The molecule has 0 bridgehead atoms. The van der Waals surface area contributed by atoms with Crippen LogP contribution in [-0.4, -0.2) is 25.2 Å². The lowest BCUT2D eigenvalue weighted by Crippen LogP contribution is -2.38. The standard InChI is InChI=1S/C18H29N3O2/c1-4-13(2)21-18(19)20-12-14-8-7-11-16(22-3)17(14)23-15-9-5-6-10-15/h7-8,11,13,15H,4-6,9-10,12H2,1-3H3,(H3,19,20,21). The fourth-order valence-electron chi connectivity index (χ4n) is 2.72. The van der Waals surface area contributed by atoms with E-state index >= 15 is 0 Å². The van der Waals surface area contributed by atoms with Crippen LogP contribution < -0.4 is 20.5 Å². The third-order valence-corrected chi connectivity index (χ3v) is 4.29. The maximum Gasteiger partial charge on any atom is 0.189 e. The molecule has 1 aliphatic rings. The Morgan fingerprint density at radius 2 is 2.13 bits per heavy atom. The molecule has 1 unspecified atom stereocenters. The predicted molar refractivity (Wildman–Crippen MR) is 94.1 cm³/mol. The number of nitrogens with two attached hydrogens (primary N) is 1. The minimum Gasteiger partial charge on any atom is -0.493 e. The Labute approximate surface area is 139 Å². The summed E-state index contributed by atoms with van der Waals surface area (Å²) < 4.78 is 11.7. The molecule has 0 heterocycles. The van der Waals surface area contributed by atoms with Crippen LogP contribution in [0.4, 0.5) is 0 Å².